The van der Waals surface area contributed by atoms with Crippen molar-refractivity contribution in [3.63, 3.8) is 0 Å². The predicted molar refractivity (Wildman–Crippen MR) is 50.8 cm³/mol. The molecule has 0 aliphatic carbocycles. The molecule has 0 atom stereocenters. The molecule has 0 spiro atoms. The molecule has 0 saturated carbocycles. The maximum atomic E-state index is 12.3. The minimum atomic E-state index is -4.50. The lowest BCUT2D eigenvalue weighted by Gasteiger charge is -1.98. The van der Waals surface area contributed by atoms with Crippen molar-refractivity contribution >= 4 is 5.65 Å². The van der Waals surface area contributed by atoms with Crippen molar-refractivity contribution in [2.45, 2.75) is 12.7 Å². The number of rotatable bonds is 2. The van der Waals surface area contributed by atoms with Gasteiger partial charge in [-0.2, -0.15) is 13.2 Å². The molecule has 0 bridgehead atoms. The summed E-state index contributed by atoms with van der Waals surface area (Å²) in [4.78, 5) is 3.43. The van der Waals surface area contributed by atoms with Gasteiger partial charge >= 0.3 is 6.18 Å². The SMILES string of the molecule is CNCc1ccn2nc(C(F)(F)F)nc2c1. The molecule has 2 rings (SSSR count). The van der Waals surface area contributed by atoms with Crippen molar-refractivity contribution in [1.29, 1.82) is 0 Å². The Morgan fingerprint density at radius 1 is 1.44 bits per heavy atom. The van der Waals surface area contributed by atoms with Gasteiger partial charge < -0.3 is 5.32 Å². The number of nitrogens with one attached hydrogen (secondary N) is 1. The van der Waals surface area contributed by atoms with Crippen molar-refractivity contribution in [3.05, 3.63) is 29.7 Å². The lowest BCUT2D eigenvalue weighted by molar-refractivity contribution is -0.144. The monoisotopic (exact) mass is 230 g/mol. The zero-order valence-corrected chi connectivity index (χ0v) is 8.41. The van der Waals surface area contributed by atoms with Crippen LogP contribution >= 0.6 is 0 Å². The number of halogens is 3. The van der Waals surface area contributed by atoms with Gasteiger partial charge in [0, 0.05) is 12.7 Å². The molecular weight excluding hydrogens is 221 g/mol. The van der Waals surface area contributed by atoms with Gasteiger partial charge in [-0.15, -0.1) is 5.10 Å². The molecule has 0 aromatic carbocycles. The Morgan fingerprint density at radius 3 is 2.81 bits per heavy atom. The molecule has 2 aromatic heterocycles. The standard InChI is InChI=1S/C9H9F3N4/c1-13-5-6-2-3-16-7(4-6)14-8(15-16)9(10,11)12/h2-4,13H,5H2,1H3. The van der Waals surface area contributed by atoms with Crippen LogP contribution in [0.15, 0.2) is 18.3 Å². The minimum absolute atomic E-state index is 0.195. The normalized spacial score (nSPS) is 12.2. The number of hydrogen-bond donors (Lipinski definition) is 1. The van der Waals surface area contributed by atoms with Gasteiger partial charge in [0.2, 0.25) is 0 Å². The van der Waals surface area contributed by atoms with E-state index in [1.807, 2.05) is 0 Å². The molecule has 7 heteroatoms. The van der Waals surface area contributed by atoms with E-state index >= 15 is 0 Å². The second-order valence-corrected chi connectivity index (χ2v) is 3.30. The van der Waals surface area contributed by atoms with E-state index in [9.17, 15) is 13.2 Å². The highest BCUT2D eigenvalue weighted by Crippen LogP contribution is 2.26. The summed E-state index contributed by atoms with van der Waals surface area (Å²) in [5.41, 5.74) is 1.05. The zero-order chi connectivity index (χ0) is 11.8. The predicted octanol–water partition coefficient (Wildman–Crippen LogP) is 1.47. The van der Waals surface area contributed by atoms with Crippen LogP contribution in [-0.2, 0) is 12.7 Å². The summed E-state index contributed by atoms with van der Waals surface area (Å²) in [7, 11) is 1.76. The molecule has 0 unspecified atom stereocenters. The van der Waals surface area contributed by atoms with Crippen molar-refractivity contribution < 1.29 is 13.2 Å². The molecule has 0 aliphatic heterocycles. The molecule has 0 amide bonds. The first kappa shape index (κ1) is 10.9. The smallest absolute Gasteiger partial charge is 0.316 e. The molecule has 0 fully saturated rings. The van der Waals surface area contributed by atoms with Crippen LogP contribution in [0, 0.1) is 0 Å². The molecule has 86 valence electrons. The topological polar surface area (TPSA) is 42.2 Å². The number of aromatic nitrogens is 3. The van der Waals surface area contributed by atoms with Gasteiger partial charge in [0.1, 0.15) is 0 Å². The molecule has 0 aliphatic rings. The van der Waals surface area contributed by atoms with Crippen LogP contribution in [0.3, 0.4) is 0 Å². The van der Waals surface area contributed by atoms with E-state index in [4.69, 9.17) is 0 Å². The second-order valence-electron chi connectivity index (χ2n) is 3.30. The largest absolute Gasteiger partial charge is 0.453 e. The summed E-state index contributed by atoms with van der Waals surface area (Å²) in [6.45, 7) is 0.574. The van der Waals surface area contributed by atoms with Crippen LogP contribution in [0.2, 0.25) is 0 Å². The summed E-state index contributed by atoms with van der Waals surface area (Å²) in [6.07, 6.45) is -3.04. The Balaban J connectivity index is 2.46. The lowest BCUT2D eigenvalue weighted by atomic mass is 10.2. The number of hydrogen-bond acceptors (Lipinski definition) is 3. The van der Waals surface area contributed by atoms with Gasteiger partial charge in [0.25, 0.3) is 5.82 Å². The fourth-order valence-electron chi connectivity index (χ4n) is 1.36. The molecule has 16 heavy (non-hydrogen) atoms. The minimum Gasteiger partial charge on any atom is -0.316 e. The molecule has 2 heterocycles. The summed E-state index contributed by atoms with van der Waals surface area (Å²) in [6, 6.07) is 3.26. The number of fused-ring (bicyclic) bond motifs is 1. The molecule has 4 nitrogen and oxygen atoms in total. The molecule has 1 N–H and O–H groups in total. The summed E-state index contributed by atoms with van der Waals surface area (Å²) in [5.74, 6) is -1.12. The molecule has 0 saturated heterocycles. The van der Waals surface area contributed by atoms with E-state index in [0.29, 0.717) is 6.54 Å². The fraction of sp³-hybridized carbons (Fsp3) is 0.333. The Labute approximate surface area is 89.1 Å². The van der Waals surface area contributed by atoms with E-state index in [2.05, 4.69) is 15.4 Å². The molecule has 0 radical (unpaired) electrons. The van der Waals surface area contributed by atoms with Crippen molar-refractivity contribution in [3.8, 4) is 0 Å². The summed E-state index contributed by atoms with van der Waals surface area (Å²) < 4.78 is 38.1. The average molecular weight is 230 g/mol. The zero-order valence-electron chi connectivity index (χ0n) is 8.41. The van der Waals surface area contributed by atoms with Crippen LogP contribution < -0.4 is 5.32 Å². The summed E-state index contributed by atoms with van der Waals surface area (Å²) in [5, 5.41) is 6.25. The third-order valence-corrected chi connectivity index (χ3v) is 2.04. The first-order valence-corrected chi connectivity index (χ1v) is 4.58. The van der Waals surface area contributed by atoms with E-state index in [0.717, 1.165) is 10.1 Å². The Bertz CT molecular complexity index is 503. The number of nitrogens with zero attached hydrogens (tertiary/aromatic N) is 3. The highest BCUT2D eigenvalue weighted by Gasteiger charge is 2.36. The van der Waals surface area contributed by atoms with Crippen molar-refractivity contribution in [2.24, 2.45) is 0 Å². The Hall–Kier alpha value is -1.63. The first-order chi connectivity index (χ1) is 7.50. The van der Waals surface area contributed by atoms with E-state index in [-0.39, 0.29) is 5.65 Å². The van der Waals surface area contributed by atoms with Crippen molar-refractivity contribution in [2.75, 3.05) is 7.05 Å². The third kappa shape index (κ3) is 1.99. The highest BCUT2D eigenvalue weighted by atomic mass is 19.4. The summed E-state index contributed by atoms with van der Waals surface area (Å²) >= 11 is 0. The van der Waals surface area contributed by atoms with Gasteiger partial charge in [-0.25, -0.2) is 9.50 Å². The highest BCUT2D eigenvalue weighted by molar-refractivity contribution is 5.40. The van der Waals surface area contributed by atoms with Crippen LogP contribution in [-0.4, -0.2) is 21.6 Å². The van der Waals surface area contributed by atoms with E-state index < -0.39 is 12.0 Å². The number of pyridine rings is 1. The maximum Gasteiger partial charge on any atom is 0.453 e. The Morgan fingerprint density at radius 2 is 2.19 bits per heavy atom. The van der Waals surface area contributed by atoms with Gasteiger partial charge in [-0.05, 0) is 24.7 Å². The third-order valence-electron chi connectivity index (χ3n) is 2.04. The van der Waals surface area contributed by atoms with Crippen LogP contribution in [0.25, 0.3) is 5.65 Å². The van der Waals surface area contributed by atoms with Crippen LogP contribution in [0.1, 0.15) is 11.4 Å². The quantitative estimate of drug-likeness (QED) is 0.849. The number of alkyl halides is 3. The molecular formula is C9H9F3N4. The van der Waals surface area contributed by atoms with Crippen molar-refractivity contribution in [1.82, 2.24) is 19.9 Å². The van der Waals surface area contributed by atoms with Crippen LogP contribution in [0.4, 0.5) is 13.2 Å². The average Bonchev–Trinajstić information content (AvgIpc) is 2.60. The fourth-order valence-corrected chi connectivity index (χ4v) is 1.36. The van der Waals surface area contributed by atoms with Gasteiger partial charge in [-0.1, -0.05) is 0 Å². The lowest BCUT2D eigenvalue weighted by Crippen LogP contribution is -2.07. The van der Waals surface area contributed by atoms with E-state index in [1.165, 1.54) is 6.20 Å². The second kappa shape index (κ2) is 3.75. The van der Waals surface area contributed by atoms with Gasteiger partial charge in [-0.3, -0.25) is 0 Å². The first-order valence-electron chi connectivity index (χ1n) is 4.58. The van der Waals surface area contributed by atoms with Gasteiger partial charge in [0.15, 0.2) is 5.65 Å². The maximum absolute atomic E-state index is 12.3. The van der Waals surface area contributed by atoms with Gasteiger partial charge in [0.05, 0.1) is 0 Å². The molecule has 2 aromatic rings. The Kier molecular flexibility index (Phi) is 2.55. The van der Waals surface area contributed by atoms with Crippen LogP contribution in [0.5, 0.6) is 0 Å². The van der Waals surface area contributed by atoms with E-state index in [1.54, 1.807) is 19.2 Å².